The molecule has 0 aliphatic heterocycles. The molecule has 3 N–H and O–H groups in total. The molecule has 2 rings (SSSR count). The molecule has 1 heterocycles. The van der Waals surface area contributed by atoms with Crippen LogP contribution in [0.1, 0.15) is 36.8 Å². The number of phenols is 1. The average molecular weight is 380 g/mol. The third kappa shape index (κ3) is 4.11. The van der Waals surface area contributed by atoms with Crippen molar-refractivity contribution < 1.29 is 19.1 Å². The SMILES string of the molecule is CC(C)(C)N(C(=O)Cc1cc(Cl)ccc1O)c1ccnc(C(N)=O)c1F. The summed E-state index contributed by atoms with van der Waals surface area (Å²) in [5, 5.41) is 10.3. The molecule has 0 aliphatic rings. The van der Waals surface area contributed by atoms with Gasteiger partial charge in [0, 0.05) is 22.3 Å². The smallest absolute Gasteiger partial charge is 0.270 e. The van der Waals surface area contributed by atoms with Crippen LogP contribution in [-0.2, 0) is 11.2 Å². The van der Waals surface area contributed by atoms with Crippen LogP contribution in [0.4, 0.5) is 10.1 Å². The number of anilines is 1. The van der Waals surface area contributed by atoms with Gasteiger partial charge in [0.05, 0.1) is 12.1 Å². The molecule has 138 valence electrons. The zero-order valence-electron chi connectivity index (χ0n) is 14.6. The van der Waals surface area contributed by atoms with Crippen molar-refractivity contribution in [2.75, 3.05) is 4.90 Å². The van der Waals surface area contributed by atoms with E-state index < -0.39 is 28.9 Å². The van der Waals surface area contributed by atoms with Crippen LogP contribution in [0.15, 0.2) is 30.5 Å². The number of benzene rings is 1. The second-order valence-electron chi connectivity index (χ2n) is 6.71. The highest BCUT2D eigenvalue weighted by atomic mass is 35.5. The fourth-order valence-electron chi connectivity index (χ4n) is 2.59. The third-order valence-electron chi connectivity index (χ3n) is 3.65. The molecule has 2 aromatic rings. The predicted octanol–water partition coefficient (Wildman–Crippen LogP) is 3.05. The second-order valence-corrected chi connectivity index (χ2v) is 7.14. The number of aromatic hydroxyl groups is 1. The molecule has 0 spiro atoms. The first-order valence-electron chi connectivity index (χ1n) is 7.77. The molecule has 8 heteroatoms. The van der Waals surface area contributed by atoms with Gasteiger partial charge in [-0.05, 0) is 45.0 Å². The van der Waals surface area contributed by atoms with Crippen LogP contribution in [0.25, 0.3) is 0 Å². The molecule has 26 heavy (non-hydrogen) atoms. The molecule has 2 amide bonds. The van der Waals surface area contributed by atoms with E-state index in [9.17, 15) is 19.1 Å². The van der Waals surface area contributed by atoms with Gasteiger partial charge in [0.15, 0.2) is 11.5 Å². The van der Waals surface area contributed by atoms with E-state index in [1.54, 1.807) is 20.8 Å². The van der Waals surface area contributed by atoms with E-state index in [0.717, 1.165) is 0 Å². The van der Waals surface area contributed by atoms with Gasteiger partial charge in [-0.2, -0.15) is 0 Å². The normalized spacial score (nSPS) is 11.3. The van der Waals surface area contributed by atoms with Gasteiger partial charge in [-0.3, -0.25) is 9.59 Å². The summed E-state index contributed by atoms with van der Waals surface area (Å²) in [6.07, 6.45) is 0.999. The first-order chi connectivity index (χ1) is 12.0. The molecule has 0 saturated carbocycles. The molecule has 0 saturated heterocycles. The number of phenolic OH excluding ortho intramolecular Hbond substituents is 1. The minimum atomic E-state index is -1.03. The molecule has 0 unspecified atom stereocenters. The molecule has 1 aromatic heterocycles. The summed E-state index contributed by atoms with van der Waals surface area (Å²) >= 11 is 5.91. The summed E-state index contributed by atoms with van der Waals surface area (Å²) in [6, 6.07) is 5.63. The number of rotatable bonds is 4. The molecule has 0 bridgehead atoms. The fourth-order valence-corrected chi connectivity index (χ4v) is 2.78. The van der Waals surface area contributed by atoms with E-state index in [0.29, 0.717) is 10.6 Å². The third-order valence-corrected chi connectivity index (χ3v) is 3.88. The lowest BCUT2D eigenvalue weighted by Gasteiger charge is -2.36. The van der Waals surface area contributed by atoms with E-state index in [1.165, 1.54) is 35.4 Å². The first kappa shape index (κ1) is 19.7. The average Bonchev–Trinajstić information content (AvgIpc) is 2.51. The standard InChI is InChI=1S/C18H19ClFN3O3/c1-18(2,3)23(12-6-7-22-16(15(12)20)17(21)26)14(25)9-10-8-11(19)4-5-13(10)24/h4-8,24H,9H2,1-3H3,(H2,21,26). The lowest BCUT2D eigenvalue weighted by atomic mass is 10.0. The fraction of sp³-hybridized carbons (Fsp3) is 0.278. The van der Waals surface area contributed by atoms with Crippen molar-refractivity contribution in [3.63, 3.8) is 0 Å². The maximum Gasteiger partial charge on any atom is 0.270 e. The van der Waals surface area contributed by atoms with Gasteiger partial charge in [-0.15, -0.1) is 0 Å². The van der Waals surface area contributed by atoms with Crippen molar-refractivity contribution in [3.8, 4) is 5.75 Å². The topological polar surface area (TPSA) is 96.5 Å². The Morgan fingerprint density at radius 1 is 1.31 bits per heavy atom. The highest BCUT2D eigenvalue weighted by Crippen LogP contribution is 2.30. The van der Waals surface area contributed by atoms with Gasteiger partial charge in [0.1, 0.15) is 5.75 Å². The number of nitrogens with zero attached hydrogens (tertiary/aromatic N) is 2. The Balaban J connectivity index is 2.49. The van der Waals surface area contributed by atoms with E-state index in [4.69, 9.17) is 17.3 Å². The first-order valence-corrected chi connectivity index (χ1v) is 8.15. The zero-order chi connectivity index (χ0) is 19.6. The van der Waals surface area contributed by atoms with Gasteiger partial charge >= 0.3 is 0 Å². The molecular formula is C18H19ClFN3O3. The Bertz CT molecular complexity index is 865. The molecular weight excluding hydrogens is 361 g/mol. The maximum absolute atomic E-state index is 14.7. The van der Waals surface area contributed by atoms with Gasteiger partial charge in [0.2, 0.25) is 5.91 Å². The molecule has 0 fully saturated rings. The number of carbonyl (C=O) groups is 2. The summed E-state index contributed by atoms with van der Waals surface area (Å²) in [4.78, 5) is 29.1. The van der Waals surface area contributed by atoms with Crippen molar-refractivity contribution in [1.82, 2.24) is 4.98 Å². The molecule has 6 nitrogen and oxygen atoms in total. The van der Waals surface area contributed by atoms with Crippen LogP contribution in [0.2, 0.25) is 5.02 Å². The van der Waals surface area contributed by atoms with E-state index in [1.807, 2.05) is 0 Å². The molecule has 0 atom stereocenters. The van der Waals surface area contributed by atoms with Crippen LogP contribution in [-0.4, -0.2) is 27.4 Å². The Morgan fingerprint density at radius 2 is 1.96 bits per heavy atom. The van der Waals surface area contributed by atoms with E-state index >= 15 is 0 Å². The molecule has 1 aromatic carbocycles. The van der Waals surface area contributed by atoms with E-state index in [-0.39, 0.29) is 17.9 Å². The zero-order valence-corrected chi connectivity index (χ0v) is 15.3. The van der Waals surface area contributed by atoms with Crippen molar-refractivity contribution in [1.29, 1.82) is 0 Å². The number of halogens is 2. The number of aromatic nitrogens is 1. The molecule has 0 aliphatic carbocycles. The van der Waals surface area contributed by atoms with Gasteiger partial charge in [0.25, 0.3) is 5.91 Å². The monoisotopic (exact) mass is 379 g/mol. The summed E-state index contributed by atoms with van der Waals surface area (Å²) in [6.45, 7) is 5.14. The maximum atomic E-state index is 14.7. The number of carbonyl (C=O) groups excluding carboxylic acids is 2. The highest BCUT2D eigenvalue weighted by Gasteiger charge is 2.32. The Kier molecular flexibility index (Phi) is 5.51. The summed E-state index contributed by atoms with van der Waals surface area (Å²) < 4.78 is 14.7. The summed E-state index contributed by atoms with van der Waals surface area (Å²) in [5.41, 5.74) is 3.96. The van der Waals surface area contributed by atoms with Crippen LogP contribution < -0.4 is 10.6 Å². The summed E-state index contributed by atoms with van der Waals surface area (Å²) in [5.74, 6) is -2.59. The minimum absolute atomic E-state index is 0.0929. The van der Waals surface area contributed by atoms with Crippen molar-refractivity contribution in [2.45, 2.75) is 32.7 Å². The Labute approximate surface area is 155 Å². The van der Waals surface area contributed by atoms with Gasteiger partial charge < -0.3 is 15.7 Å². The number of pyridine rings is 1. The molecule has 0 radical (unpaired) electrons. The second kappa shape index (κ2) is 7.29. The van der Waals surface area contributed by atoms with Crippen molar-refractivity contribution >= 4 is 29.1 Å². The number of hydrogen-bond acceptors (Lipinski definition) is 4. The minimum Gasteiger partial charge on any atom is -0.508 e. The number of hydrogen-bond donors (Lipinski definition) is 2. The largest absolute Gasteiger partial charge is 0.508 e. The summed E-state index contributed by atoms with van der Waals surface area (Å²) in [7, 11) is 0. The van der Waals surface area contributed by atoms with Crippen LogP contribution in [0.3, 0.4) is 0 Å². The van der Waals surface area contributed by atoms with Crippen LogP contribution in [0.5, 0.6) is 5.75 Å². The predicted molar refractivity (Wildman–Crippen MR) is 96.8 cm³/mol. The highest BCUT2D eigenvalue weighted by molar-refractivity contribution is 6.30. The van der Waals surface area contributed by atoms with Gasteiger partial charge in [-0.1, -0.05) is 11.6 Å². The van der Waals surface area contributed by atoms with Crippen LogP contribution in [0, 0.1) is 5.82 Å². The van der Waals surface area contributed by atoms with Crippen molar-refractivity contribution in [3.05, 3.63) is 52.6 Å². The van der Waals surface area contributed by atoms with Gasteiger partial charge in [-0.25, -0.2) is 9.37 Å². The van der Waals surface area contributed by atoms with Crippen molar-refractivity contribution in [2.24, 2.45) is 5.73 Å². The lowest BCUT2D eigenvalue weighted by molar-refractivity contribution is -0.119. The van der Waals surface area contributed by atoms with E-state index in [2.05, 4.69) is 4.98 Å². The lowest BCUT2D eigenvalue weighted by Crippen LogP contribution is -2.47. The van der Waals surface area contributed by atoms with Crippen LogP contribution >= 0.6 is 11.6 Å². The Morgan fingerprint density at radius 3 is 2.54 bits per heavy atom. The Hall–Kier alpha value is -2.67. The quantitative estimate of drug-likeness (QED) is 0.853. The number of amides is 2. The number of primary amides is 1. The number of nitrogens with two attached hydrogens (primary N) is 1.